The predicted octanol–water partition coefficient (Wildman–Crippen LogP) is 3.47. The summed E-state index contributed by atoms with van der Waals surface area (Å²) in [6, 6.07) is 9.53. The Kier molecular flexibility index (Phi) is 6.49. The number of nitrogens with zero attached hydrogens (tertiary/aromatic N) is 1. The van der Waals surface area contributed by atoms with Gasteiger partial charge < -0.3 is 10.4 Å². The molecule has 0 fully saturated rings. The van der Waals surface area contributed by atoms with E-state index in [4.69, 9.17) is 5.11 Å². The Bertz CT molecular complexity index is 683. The molecule has 1 unspecified atom stereocenters. The fraction of sp³-hybridized carbons (Fsp3) is 0.389. The number of aromatic nitrogens is 1. The number of carbonyl (C=O) groups is 2. The summed E-state index contributed by atoms with van der Waals surface area (Å²) in [5.41, 5.74) is 1.07. The van der Waals surface area contributed by atoms with Gasteiger partial charge in [-0.25, -0.2) is 4.98 Å². The van der Waals surface area contributed by atoms with Gasteiger partial charge in [-0.05, 0) is 18.4 Å². The molecule has 6 heteroatoms. The fourth-order valence-electron chi connectivity index (χ4n) is 2.34. The molecule has 0 aliphatic heterocycles. The van der Waals surface area contributed by atoms with E-state index in [0.29, 0.717) is 17.7 Å². The smallest absolute Gasteiger partial charge is 0.303 e. The normalized spacial score (nSPS) is 12.1. The van der Waals surface area contributed by atoms with Gasteiger partial charge in [0.1, 0.15) is 4.88 Å². The lowest BCUT2D eigenvalue weighted by Crippen LogP contribution is -2.36. The van der Waals surface area contributed by atoms with Gasteiger partial charge in [0, 0.05) is 18.4 Å². The van der Waals surface area contributed by atoms with Crippen LogP contribution in [0.1, 0.15) is 52.8 Å². The lowest BCUT2D eigenvalue weighted by Gasteiger charge is -2.17. The van der Waals surface area contributed by atoms with Gasteiger partial charge in [0.2, 0.25) is 0 Å². The molecule has 0 spiro atoms. The van der Waals surface area contributed by atoms with Gasteiger partial charge in [0.15, 0.2) is 0 Å². The van der Waals surface area contributed by atoms with Crippen LogP contribution < -0.4 is 5.32 Å². The van der Waals surface area contributed by atoms with Crippen LogP contribution in [0, 0.1) is 0 Å². The third-order valence-electron chi connectivity index (χ3n) is 3.61. The van der Waals surface area contributed by atoms with Crippen LogP contribution in [-0.4, -0.2) is 28.0 Å². The lowest BCUT2D eigenvalue weighted by atomic mass is 10.0. The summed E-state index contributed by atoms with van der Waals surface area (Å²) >= 11 is 1.38. The van der Waals surface area contributed by atoms with Crippen molar-refractivity contribution >= 4 is 23.2 Å². The Balaban J connectivity index is 2.05. The summed E-state index contributed by atoms with van der Waals surface area (Å²) < 4.78 is 0. The summed E-state index contributed by atoms with van der Waals surface area (Å²) in [6.45, 7) is 4.07. The molecule has 0 aliphatic rings. The summed E-state index contributed by atoms with van der Waals surface area (Å²) in [7, 11) is 0. The molecule has 2 rings (SSSR count). The number of amides is 1. The number of aliphatic carboxylic acids is 1. The maximum atomic E-state index is 12.4. The van der Waals surface area contributed by atoms with E-state index >= 15 is 0 Å². The number of thiazole rings is 1. The number of hydrogen-bond donors (Lipinski definition) is 2. The maximum absolute atomic E-state index is 12.4. The molecule has 1 amide bonds. The number of carbonyl (C=O) groups excluding carboxylic acids is 1. The Morgan fingerprint density at radius 2 is 1.96 bits per heavy atom. The van der Waals surface area contributed by atoms with Gasteiger partial charge in [-0.1, -0.05) is 44.2 Å². The van der Waals surface area contributed by atoms with Crippen molar-refractivity contribution in [3.63, 3.8) is 0 Å². The van der Waals surface area contributed by atoms with Crippen LogP contribution in [0.3, 0.4) is 0 Å². The van der Waals surface area contributed by atoms with Crippen LogP contribution in [0.5, 0.6) is 0 Å². The first-order chi connectivity index (χ1) is 11.5. The van der Waals surface area contributed by atoms with Crippen LogP contribution in [-0.2, 0) is 11.2 Å². The molecular weight excluding hydrogens is 324 g/mol. The standard InChI is InChI=1S/C18H22N2O3S/c1-12(2)18-19-11-15(24-18)17(23)20-14(8-9-16(21)22)10-13-6-4-3-5-7-13/h3-7,11-12,14H,8-10H2,1-2H3,(H,20,23)(H,21,22). The van der Waals surface area contributed by atoms with E-state index in [1.807, 2.05) is 44.2 Å². The van der Waals surface area contributed by atoms with Gasteiger partial charge in [-0.15, -0.1) is 11.3 Å². The van der Waals surface area contributed by atoms with Crippen LogP contribution in [0.15, 0.2) is 36.5 Å². The van der Waals surface area contributed by atoms with Crippen molar-refractivity contribution in [1.82, 2.24) is 10.3 Å². The highest BCUT2D eigenvalue weighted by molar-refractivity contribution is 7.13. The minimum absolute atomic E-state index is 0.0255. The van der Waals surface area contributed by atoms with E-state index in [1.54, 1.807) is 6.20 Å². The molecule has 128 valence electrons. The van der Waals surface area contributed by atoms with Crippen LogP contribution in [0.2, 0.25) is 0 Å². The molecule has 1 atom stereocenters. The summed E-state index contributed by atoms with van der Waals surface area (Å²) in [5.74, 6) is -0.767. The van der Waals surface area contributed by atoms with Crippen LogP contribution in [0.4, 0.5) is 0 Å². The van der Waals surface area contributed by atoms with Gasteiger partial charge in [0.25, 0.3) is 5.91 Å². The number of rotatable bonds is 8. The quantitative estimate of drug-likeness (QED) is 0.767. The number of nitrogens with one attached hydrogen (secondary N) is 1. The number of carboxylic acid groups (broad SMARTS) is 1. The van der Waals surface area contributed by atoms with Crippen molar-refractivity contribution in [2.45, 2.75) is 45.1 Å². The molecule has 5 nitrogen and oxygen atoms in total. The molecule has 1 aromatic carbocycles. The first kappa shape index (κ1) is 18.1. The molecule has 0 saturated carbocycles. The molecule has 2 aromatic rings. The molecule has 2 N–H and O–H groups in total. The van der Waals surface area contributed by atoms with Gasteiger partial charge >= 0.3 is 5.97 Å². The van der Waals surface area contributed by atoms with E-state index in [2.05, 4.69) is 10.3 Å². The maximum Gasteiger partial charge on any atom is 0.303 e. The predicted molar refractivity (Wildman–Crippen MR) is 94.5 cm³/mol. The largest absolute Gasteiger partial charge is 0.481 e. The number of benzene rings is 1. The minimum atomic E-state index is -0.859. The molecule has 0 saturated heterocycles. The molecule has 1 aromatic heterocycles. The zero-order valence-corrected chi connectivity index (χ0v) is 14.7. The molecule has 0 bridgehead atoms. The molecular formula is C18H22N2O3S. The van der Waals surface area contributed by atoms with Crippen LogP contribution in [0.25, 0.3) is 0 Å². The molecule has 24 heavy (non-hydrogen) atoms. The minimum Gasteiger partial charge on any atom is -0.481 e. The van der Waals surface area contributed by atoms with E-state index in [0.717, 1.165) is 10.6 Å². The van der Waals surface area contributed by atoms with E-state index < -0.39 is 5.97 Å². The van der Waals surface area contributed by atoms with Gasteiger partial charge in [0.05, 0.1) is 11.2 Å². The second-order valence-corrected chi connectivity index (χ2v) is 7.07. The highest BCUT2D eigenvalue weighted by atomic mass is 32.1. The lowest BCUT2D eigenvalue weighted by molar-refractivity contribution is -0.137. The highest BCUT2D eigenvalue weighted by Gasteiger charge is 2.18. The van der Waals surface area contributed by atoms with Crippen LogP contribution >= 0.6 is 11.3 Å². The van der Waals surface area contributed by atoms with E-state index in [1.165, 1.54) is 11.3 Å². The summed E-state index contributed by atoms with van der Waals surface area (Å²) in [4.78, 5) is 28.1. The Hall–Kier alpha value is -2.21. The average Bonchev–Trinajstić information content (AvgIpc) is 3.04. The van der Waals surface area contributed by atoms with Crippen molar-refractivity contribution in [3.8, 4) is 0 Å². The SMILES string of the molecule is CC(C)c1ncc(C(=O)NC(CCC(=O)O)Cc2ccccc2)s1. The van der Waals surface area contributed by atoms with Crippen molar-refractivity contribution < 1.29 is 14.7 Å². The Labute approximate surface area is 145 Å². The van der Waals surface area contributed by atoms with Crippen molar-refractivity contribution in [3.05, 3.63) is 52.0 Å². The van der Waals surface area contributed by atoms with Gasteiger partial charge in [-0.2, -0.15) is 0 Å². The highest BCUT2D eigenvalue weighted by Crippen LogP contribution is 2.21. The van der Waals surface area contributed by atoms with Crippen molar-refractivity contribution in [2.75, 3.05) is 0 Å². The molecule has 1 heterocycles. The molecule has 0 radical (unpaired) electrons. The third-order valence-corrected chi connectivity index (χ3v) is 4.90. The first-order valence-electron chi connectivity index (χ1n) is 7.98. The zero-order chi connectivity index (χ0) is 17.5. The van der Waals surface area contributed by atoms with E-state index in [-0.39, 0.29) is 24.3 Å². The van der Waals surface area contributed by atoms with Gasteiger partial charge in [-0.3, -0.25) is 9.59 Å². The third kappa shape index (κ3) is 5.45. The van der Waals surface area contributed by atoms with Crippen molar-refractivity contribution in [1.29, 1.82) is 0 Å². The zero-order valence-electron chi connectivity index (χ0n) is 13.9. The van der Waals surface area contributed by atoms with E-state index in [9.17, 15) is 9.59 Å². The van der Waals surface area contributed by atoms with Crippen molar-refractivity contribution in [2.24, 2.45) is 0 Å². The first-order valence-corrected chi connectivity index (χ1v) is 8.79. The number of carboxylic acids is 1. The topological polar surface area (TPSA) is 79.3 Å². The summed E-state index contributed by atoms with van der Waals surface area (Å²) in [5, 5.41) is 12.8. The Morgan fingerprint density at radius 3 is 2.54 bits per heavy atom. The monoisotopic (exact) mass is 346 g/mol. The summed E-state index contributed by atoms with van der Waals surface area (Å²) in [6.07, 6.45) is 2.62. The Morgan fingerprint density at radius 1 is 1.25 bits per heavy atom. The second-order valence-electron chi connectivity index (χ2n) is 6.01. The average molecular weight is 346 g/mol. The number of hydrogen-bond acceptors (Lipinski definition) is 4. The second kappa shape index (κ2) is 8.59. The fourth-order valence-corrected chi connectivity index (χ4v) is 3.16. The molecule has 0 aliphatic carbocycles.